The van der Waals surface area contributed by atoms with Gasteiger partial charge in [-0.05, 0) is 64.2 Å². The standard InChI is InChI=1S/C52H37N5/c1-36-28-29-37(32-33-56(43-22-9-4-10-23-43)47-26-13-11-24-44(36)47)40-20-15-21-41(34-40)42-30-31-46-45-25-12-14-27-48(45)57(49(46)35-42)52-54-50(38-16-5-2-6-17-38)53-51(55-52)39-18-7-3-8-19-39/h2-32,34-35H,1,33H2/b29-28-,37-32+. The van der Waals surface area contributed by atoms with Crippen molar-refractivity contribution in [3.63, 3.8) is 0 Å². The summed E-state index contributed by atoms with van der Waals surface area (Å²) in [6.45, 7) is 5.19. The molecular weight excluding hydrogens is 695 g/mol. The summed E-state index contributed by atoms with van der Waals surface area (Å²) in [6.07, 6.45) is 6.65. The molecule has 0 amide bonds. The van der Waals surface area contributed by atoms with Gasteiger partial charge in [-0.3, -0.25) is 4.57 Å². The molecular formula is C52H37N5. The summed E-state index contributed by atoms with van der Waals surface area (Å²) < 4.78 is 2.18. The number of fused-ring (bicyclic) bond motifs is 4. The van der Waals surface area contributed by atoms with Crippen molar-refractivity contribution in [2.24, 2.45) is 0 Å². The van der Waals surface area contributed by atoms with Crippen LogP contribution in [0, 0.1) is 0 Å². The molecule has 0 atom stereocenters. The Morgan fingerprint density at radius 1 is 0.456 bits per heavy atom. The number of para-hydroxylation sites is 3. The second kappa shape index (κ2) is 14.5. The molecule has 3 heterocycles. The molecule has 0 spiro atoms. The monoisotopic (exact) mass is 731 g/mol. The maximum Gasteiger partial charge on any atom is 0.238 e. The molecule has 0 fully saturated rings. The van der Waals surface area contributed by atoms with Crippen molar-refractivity contribution in [1.82, 2.24) is 19.5 Å². The maximum absolute atomic E-state index is 5.14. The Hall–Kier alpha value is -7.63. The minimum atomic E-state index is 0.574. The first-order chi connectivity index (χ1) is 28.2. The van der Waals surface area contributed by atoms with Gasteiger partial charge in [0.05, 0.1) is 11.0 Å². The Labute approximate surface area is 331 Å². The Morgan fingerprint density at radius 3 is 1.81 bits per heavy atom. The molecule has 1 aliphatic heterocycles. The van der Waals surface area contributed by atoms with Gasteiger partial charge < -0.3 is 4.90 Å². The number of nitrogens with zero attached hydrogens (tertiary/aromatic N) is 5. The van der Waals surface area contributed by atoms with Crippen molar-refractivity contribution in [2.75, 3.05) is 11.4 Å². The van der Waals surface area contributed by atoms with Crippen LogP contribution in [0.15, 0.2) is 207 Å². The summed E-state index contributed by atoms with van der Waals surface area (Å²) in [7, 11) is 0. The number of benzene rings is 7. The van der Waals surface area contributed by atoms with Crippen LogP contribution in [0.25, 0.3) is 72.8 Å². The minimum Gasteiger partial charge on any atom is -0.337 e. The third kappa shape index (κ3) is 6.41. The van der Waals surface area contributed by atoms with Gasteiger partial charge >= 0.3 is 0 Å². The Morgan fingerprint density at radius 2 is 1.05 bits per heavy atom. The molecule has 0 aliphatic carbocycles. The summed E-state index contributed by atoms with van der Waals surface area (Å²) in [5.41, 5.74) is 12.8. The summed E-state index contributed by atoms with van der Waals surface area (Å²) in [5, 5.41) is 2.27. The average molecular weight is 732 g/mol. The molecule has 0 radical (unpaired) electrons. The lowest BCUT2D eigenvalue weighted by atomic mass is 9.97. The predicted octanol–water partition coefficient (Wildman–Crippen LogP) is 12.8. The van der Waals surface area contributed by atoms with Gasteiger partial charge in [0, 0.05) is 45.4 Å². The average Bonchev–Trinajstić information content (AvgIpc) is 3.64. The van der Waals surface area contributed by atoms with Crippen LogP contribution in [0.1, 0.15) is 11.1 Å². The van der Waals surface area contributed by atoms with E-state index in [-0.39, 0.29) is 0 Å². The first-order valence-corrected chi connectivity index (χ1v) is 19.2. The fraction of sp³-hybridized carbons (Fsp3) is 0.0192. The minimum absolute atomic E-state index is 0.574. The van der Waals surface area contributed by atoms with Crippen molar-refractivity contribution in [3.05, 3.63) is 218 Å². The van der Waals surface area contributed by atoms with Crippen molar-refractivity contribution < 1.29 is 0 Å². The lowest BCUT2D eigenvalue weighted by Crippen LogP contribution is -2.18. The van der Waals surface area contributed by atoms with E-state index in [2.05, 4.69) is 156 Å². The van der Waals surface area contributed by atoms with E-state index in [9.17, 15) is 0 Å². The first kappa shape index (κ1) is 33.9. The van der Waals surface area contributed by atoms with E-state index >= 15 is 0 Å². The van der Waals surface area contributed by atoms with Gasteiger partial charge in [0.1, 0.15) is 0 Å². The fourth-order valence-corrected chi connectivity index (χ4v) is 7.82. The smallest absolute Gasteiger partial charge is 0.238 e. The molecule has 1 aliphatic rings. The van der Waals surface area contributed by atoms with Crippen molar-refractivity contribution in [1.29, 1.82) is 0 Å². The third-order valence-corrected chi connectivity index (χ3v) is 10.7. The highest BCUT2D eigenvalue weighted by molar-refractivity contribution is 6.10. The Balaban J connectivity index is 1.10. The topological polar surface area (TPSA) is 46.8 Å². The van der Waals surface area contributed by atoms with E-state index in [0.717, 1.165) is 77.7 Å². The Kier molecular flexibility index (Phi) is 8.65. The lowest BCUT2D eigenvalue weighted by molar-refractivity contribution is 0.953. The molecule has 0 bridgehead atoms. The first-order valence-electron chi connectivity index (χ1n) is 19.2. The van der Waals surface area contributed by atoms with Crippen LogP contribution >= 0.6 is 0 Å². The number of rotatable bonds is 6. The van der Waals surface area contributed by atoms with Crippen molar-refractivity contribution in [3.8, 4) is 39.9 Å². The zero-order valence-corrected chi connectivity index (χ0v) is 31.2. The van der Waals surface area contributed by atoms with Crippen LogP contribution in [-0.2, 0) is 0 Å². The number of hydrogen-bond donors (Lipinski definition) is 0. The molecule has 9 aromatic rings. The molecule has 0 saturated heterocycles. The van der Waals surface area contributed by atoms with E-state index in [1.54, 1.807) is 0 Å². The summed E-state index contributed by atoms with van der Waals surface area (Å²) in [5.74, 6) is 1.83. The largest absolute Gasteiger partial charge is 0.337 e. The second-order valence-corrected chi connectivity index (χ2v) is 14.2. The molecule has 7 aromatic carbocycles. The van der Waals surface area contributed by atoms with E-state index in [1.165, 1.54) is 0 Å². The summed E-state index contributed by atoms with van der Waals surface area (Å²) in [4.78, 5) is 17.6. The predicted molar refractivity (Wildman–Crippen MR) is 237 cm³/mol. The molecule has 0 saturated carbocycles. The highest BCUT2D eigenvalue weighted by Gasteiger charge is 2.19. The molecule has 5 heteroatoms. The fourth-order valence-electron chi connectivity index (χ4n) is 7.82. The van der Waals surface area contributed by atoms with Crippen LogP contribution in [0.2, 0.25) is 0 Å². The van der Waals surface area contributed by atoms with E-state index in [1.807, 2.05) is 60.7 Å². The normalized spacial score (nSPS) is 14.4. The molecule has 0 N–H and O–H groups in total. The number of aromatic nitrogens is 4. The van der Waals surface area contributed by atoms with Crippen molar-refractivity contribution in [2.45, 2.75) is 0 Å². The van der Waals surface area contributed by atoms with Gasteiger partial charge in [-0.15, -0.1) is 0 Å². The molecule has 57 heavy (non-hydrogen) atoms. The van der Waals surface area contributed by atoms with Crippen LogP contribution in [-0.4, -0.2) is 26.1 Å². The van der Waals surface area contributed by atoms with Gasteiger partial charge in [-0.2, -0.15) is 9.97 Å². The Bertz CT molecular complexity index is 2940. The molecule has 10 rings (SSSR count). The summed E-state index contributed by atoms with van der Waals surface area (Å²) >= 11 is 0. The quantitative estimate of drug-likeness (QED) is 0.171. The lowest BCUT2D eigenvalue weighted by Gasteiger charge is -2.26. The molecule has 0 unspecified atom stereocenters. The second-order valence-electron chi connectivity index (χ2n) is 14.2. The van der Waals surface area contributed by atoms with Crippen LogP contribution in [0.5, 0.6) is 0 Å². The van der Waals surface area contributed by atoms with Crippen LogP contribution in [0.3, 0.4) is 0 Å². The third-order valence-electron chi connectivity index (χ3n) is 10.7. The number of allylic oxidation sites excluding steroid dienone is 4. The van der Waals surface area contributed by atoms with Crippen molar-refractivity contribution >= 4 is 44.3 Å². The number of anilines is 2. The highest BCUT2D eigenvalue weighted by atomic mass is 15.2. The summed E-state index contributed by atoms with van der Waals surface area (Å²) in [6, 6.07) is 63.3. The van der Waals surface area contributed by atoms with Gasteiger partial charge in [0.2, 0.25) is 5.95 Å². The number of hydrogen-bond acceptors (Lipinski definition) is 4. The molecule has 5 nitrogen and oxygen atoms in total. The van der Waals surface area contributed by atoms with Gasteiger partial charge in [0.25, 0.3) is 0 Å². The van der Waals surface area contributed by atoms with Gasteiger partial charge in [0.15, 0.2) is 11.6 Å². The van der Waals surface area contributed by atoms with E-state index < -0.39 is 0 Å². The zero-order valence-electron chi connectivity index (χ0n) is 31.2. The zero-order chi connectivity index (χ0) is 38.1. The molecule has 2 aromatic heterocycles. The maximum atomic E-state index is 5.14. The van der Waals surface area contributed by atoms with E-state index in [4.69, 9.17) is 15.0 Å². The van der Waals surface area contributed by atoms with Gasteiger partial charge in [-0.1, -0.05) is 170 Å². The molecule has 270 valence electrons. The van der Waals surface area contributed by atoms with Crippen LogP contribution in [0.4, 0.5) is 11.4 Å². The van der Waals surface area contributed by atoms with E-state index in [0.29, 0.717) is 24.1 Å². The van der Waals surface area contributed by atoms with Gasteiger partial charge in [-0.25, -0.2) is 4.98 Å². The van der Waals surface area contributed by atoms with Crippen LogP contribution < -0.4 is 4.90 Å². The SMILES string of the molecule is C=C1/C=C\C(c2cccc(-c3ccc4c5ccccc5n(-c5nc(-c6ccccc6)nc(-c6ccccc6)n5)c4c3)c2)=C/CN(c2ccccc2)c2ccccc21. The highest BCUT2D eigenvalue weighted by Crippen LogP contribution is 2.37.